The number of anilines is 1. The highest BCUT2D eigenvalue weighted by atomic mass is 32.1. The van der Waals surface area contributed by atoms with Gasteiger partial charge in [-0.15, -0.1) is 11.3 Å². The van der Waals surface area contributed by atoms with E-state index in [2.05, 4.69) is 12.2 Å². The second-order valence-corrected chi connectivity index (χ2v) is 6.19. The fourth-order valence-electron chi connectivity index (χ4n) is 2.76. The molecule has 0 aromatic carbocycles. The van der Waals surface area contributed by atoms with Gasteiger partial charge in [-0.25, -0.2) is 0 Å². The summed E-state index contributed by atoms with van der Waals surface area (Å²) in [6.45, 7) is 4.90. The highest BCUT2D eigenvalue weighted by Crippen LogP contribution is 2.27. The molecular weight excluding hydrogens is 274 g/mol. The van der Waals surface area contributed by atoms with Crippen molar-refractivity contribution in [3.05, 3.63) is 16.3 Å². The van der Waals surface area contributed by atoms with Crippen LogP contribution in [0.3, 0.4) is 0 Å². The maximum Gasteiger partial charge on any atom is 0.266 e. The SMILES string of the molecule is CCCC1CN(C(=O)c2sccc2N)CC1NC(C)=O. The second kappa shape index (κ2) is 6.26. The third-order valence-electron chi connectivity index (χ3n) is 3.67. The number of carbonyl (C=O) groups is 2. The average molecular weight is 295 g/mol. The number of rotatable bonds is 4. The maximum absolute atomic E-state index is 12.5. The molecule has 0 spiro atoms. The number of hydrogen-bond acceptors (Lipinski definition) is 4. The average Bonchev–Trinajstić information content (AvgIpc) is 2.96. The fourth-order valence-corrected chi connectivity index (χ4v) is 3.55. The first-order valence-corrected chi connectivity index (χ1v) is 7.80. The summed E-state index contributed by atoms with van der Waals surface area (Å²) in [4.78, 5) is 26.1. The summed E-state index contributed by atoms with van der Waals surface area (Å²) in [7, 11) is 0. The lowest BCUT2D eigenvalue weighted by atomic mass is 9.98. The van der Waals surface area contributed by atoms with E-state index in [1.54, 1.807) is 6.07 Å². The largest absolute Gasteiger partial charge is 0.397 e. The van der Waals surface area contributed by atoms with E-state index in [4.69, 9.17) is 5.73 Å². The fraction of sp³-hybridized carbons (Fsp3) is 0.571. The summed E-state index contributed by atoms with van der Waals surface area (Å²) >= 11 is 1.37. The van der Waals surface area contributed by atoms with E-state index in [0.29, 0.717) is 29.6 Å². The van der Waals surface area contributed by atoms with Crippen molar-refractivity contribution in [2.24, 2.45) is 5.92 Å². The molecule has 3 N–H and O–H groups in total. The van der Waals surface area contributed by atoms with E-state index in [-0.39, 0.29) is 17.9 Å². The molecule has 1 aromatic heterocycles. The van der Waals surface area contributed by atoms with Crippen molar-refractivity contribution >= 4 is 28.8 Å². The Morgan fingerprint density at radius 1 is 1.50 bits per heavy atom. The summed E-state index contributed by atoms with van der Waals surface area (Å²) in [5, 5.41) is 4.79. The molecule has 0 bridgehead atoms. The van der Waals surface area contributed by atoms with Crippen LogP contribution in [0.5, 0.6) is 0 Å². The maximum atomic E-state index is 12.5. The van der Waals surface area contributed by atoms with Gasteiger partial charge < -0.3 is 16.0 Å². The van der Waals surface area contributed by atoms with Crippen LogP contribution in [-0.4, -0.2) is 35.8 Å². The van der Waals surface area contributed by atoms with Gasteiger partial charge in [0.1, 0.15) is 4.88 Å². The van der Waals surface area contributed by atoms with Gasteiger partial charge >= 0.3 is 0 Å². The van der Waals surface area contributed by atoms with E-state index in [1.165, 1.54) is 18.3 Å². The van der Waals surface area contributed by atoms with Crippen LogP contribution < -0.4 is 11.1 Å². The molecule has 110 valence electrons. The summed E-state index contributed by atoms with van der Waals surface area (Å²) in [6, 6.07) is 1.81. The first-order chi connectivity index (χ1) is 9.52. The molecule has 0 saturated carbocycles. The van der Waals surface area contributed by atoms with Gasteiger partial charge in [0.2, 0.25) is 5.91 Å². The Bertz CT molecular complexity index is 500. The molecule has 1 fully saturated rings. The molecule has 1 aliphatic heterocycles. The summed E-state index contributed by atoms with van der Waals surface area (Å²) in [5.74, 6) is 0.265. The van der Waals surface area contributed by atoms with Crippen LogP contribution in [-0.2, 0) is 4.79 Å². The quantitative estimate of drug-likeness (QED) is 0.888. The van der Waals surface area contributed by atoms with Crippen LogP contribution in [0.25, 0.3) is 0 Å². The standard InChI is InChI=1S/C14H21N3O2S/c1-3-4-10-7-17(8-12(10)16-9(2)18)14(19)13-11(15)5-6-20-13/h5-6,10,12H,3-4,7-8,15H2,1-2H3,(H,16,18). The Morgan fingerprint density at radius 3 is 2.80 bits per heavy atom. The first kappa shape index (κ1) is 14.8. The third-order valence-corrected chi connectivity index (χ3v) is 4.58. The van der Waals surface area contributed by atoms with Gasteiger partial charge in [0.05, 0.1) is 11.7 Å². The predicted molar refractivity (Wildman–Crippen MR) is 80.6 cm³/mol. The molecule has 0 aliphatic carbocycles. The van der Waals surface area contributed by atoms with Crippen LogP contribution in [0.1, 0.15) is 36.4 Å². The van der Waals surface area contributed by atoms with E-state index >= 15 is 0 Å². The van der Waals surface area contributed by atoms with Gasteiger partial charge in [-0.1, -0.05) is 13.3 Å². The lowest BCUT2D eigenvalue weighted by molar-refractivity contribution is -0.119. The molecule has 5 nitrogen and oxygen atoms in total. The lowest BCUT2D eigenvalue weighted by Gasteiger charge is -2.17. The van der Waals surface area contributed by atoms with Crippen molar-refractivity contribution < 1.29 is 9.59 Å². The normalized spacial score (nSPS) is 22.0. The third kappa shape index (κ3) is 3.12. The van der Waals surface area contributed by atoms with Gasteiger partial charge in [-0.2, -0.15) is 0 Å². The van der Waals surface area contributed by atoms with Crippen LogP contribution in [0.15, 0.2) is 11.4 Å². The molecule has 2 atom stereocenters. The van der Waals surface area contributed by atoms with Gasteiger partial charge in [0.15, 0.2) is 0 Å². The highest BCUT2D eigenvalue weighted by molar-refractivity contribution is 7.12. The minimum atomic E-state index is -0.0407. The van der Waals surface area contributed by atoms with Gasteiger partial charge in [-0.05, 0) is 23.8 Å². The Hall–Kier alpha value is -1.56. The topological polar surface area (TPSA) is 75.4 Å². The number of amides is 2. The number of thiophene rings is 1. The van der Waals surface area contributed by atoms with Crippen molar-refractivity contribution in [3.8, 4) is 0 Å². The van der Waals surface area contributed by atoms with Crippen molar-refractivity contribution in [3.63, 3.8) is 0 Å². The molecule has 0 radical (unpaired) electrons. The number of carbonyl (C=O) groups excluding carboxylic acids is 2. The van der Waals surface area contributed by atoms with E-state index in [0.717, 1.165) is 12.8 Å². The molecule has 20 heavy (non-hydrogen) atoms. The lowest BCUT2D eigenvalue weighted by Crippen LogP contribution is -2.39. The molecular formula is C14H21N3O2S. The molecule has 1 aliphatic rings. The zero-order chi connectivity index (χ0) is 14.7. The Labute approximate surface area is 123 Å². The van der Waals surface area contributed by atoms with Crippen LogP contribution in [0.2, 0.25) is 0 Å². The van der Waals surface area contributed by atoms with Gasteiger partial charge in [0, 0.05) is 20.0 Å². The Morgan fingerprint density at radius 2 is 2.25 bits per heavy atom. The predicted octanol–water partition coefficient (Wildman–Crippen LogP) is 1.71. The number of likely N-dealkylation sites (tertiary alicyclic amines) is 1. The Kier molecular flexibility index (Phi) is 4.65. The van der Waals surface area contributed by atoms with Crippen molar-refractivity contribution in [1.82, 2.24) is 10.2 Å². The van der Waals surface area contributed by atoms with Crippen LogP contribution in [0.4, 0.5) is 5.69 Å². The summed E-state index contributed by atoms with van der Waals surface area (Å²) in [6.07, 6.45) is 2.05. The van der Waals surface area contributed by atoms with Crippen molar-refractivity contribution in [1.29, 1.82) is 0 Å². The smallest absolute Gasteiger partial charge is 0.266 e. The minimum Gasteiger partial charge on any atom is -0.397 e. The molecule has 2 amide bonds. The number of hydrogen-bond donors (Lipinski definition) is 2. The van der Waals surface area contributed by atoms with Crippen LogP contribution >= 0.6 is 11.3 Å². The van der Waals surface area contributed by atoms with E-state index < -0.39 is 0 Å². The zero-order valence-electron chi connectivity index (χ0n) is 11.9. The van der Waals surface area contributed by atoms with Crippen LogP contribution in [0, 0.1) is 5.92 Å². The van der Waals surface area contributed by atoms with E-state index in [9.17, 15) is 9.59 Å². The number of nitrogen functional groups attached to an aromatic ring is 1. The molecule has 2 rings (SSSR count). The van der Waals surface area contributed by atoms with Crippen molar-refractivity contribution in [2.45, 2.75) is 32.7 Å². The minimum absolute atomic E-state index is 0.0218. The van der Waals surface area contributed by atoms with Gasteiger partial charge in [-0.3, -0.25) is 9.59 Å². The molecule has 2 unspecified atom stereocenters. The second-order valence-electron chi connectivity index (χ2n) is 5.27. The van der Waals surface area contributed by atoms with Gasteiger partial charge in [0.25, 0.3) is 5.91 Å². The Balaban J connectivity index is 2.09. The monoisotopic (exact) mass is 295 g/mol. The van der Waals surface area contributed by atoms with Crippen molar-refractivity contribution in [2.75, 3.05) is 18.8 Å². The molecule has 1 aromatic rings. The van der Waals surface area contributed by atoms with E-state index in [1.807, 2.05) is 10.3 Å². The molecule has 1 saturated heterocycles. The summed E-state index contributed by atoms with van der Waals surface area (Å²) < 4.78 is 0. The molecule has 2 heterocycles. The number of nitrogens with one attached hydrogen (secondary N) is 1. The molecule has 6 heteroatoms. The highest BCUT2D eigenvalue weighted by Gasteiger charge is 2.36. The zero-order valence-corrected chi connectivity index (χ0v) is 12.7. The first-order valence-electron chi connectivity index (χ1n) is 6.92. The summed E-state index contributed by atoms with van der Waals surface area (Å²) in [5.41, 5.74) is 6.35. The number of nitrogens with two attached hydrogens (primary N) is 1. The number of nitrogens with zero attached hydrogens (tertiary/aromatic N) is 1.